The Bertz CT molecular complexity index is 442. The molecule has 1 saturated carbocycles. The number of unbranched alkanes of at least 4 members (excludes halogenated alkanes) is 9. The van der Waals surface area contributed by atoms with Gasteiger partial charge in [0.15, 0.2) is 0 Å². The maximum atomic E-state index is 11.0. The SMILES string of the molecule is CCCCC/C=C\C/C=C\CCCCCCCCNCC1CCC(C(=O)O)CC1.[Na]. The zero-order valence-corrected chi connectivity index (χ0v) is 22.0. The van der Waals surface area contributed by atoms with Crippen molar-refractivity contribution in [3.05, 3.63) is 24.3 Å². The van der Waals surface area contributed by atoms with Crippen LogP contribution in [-0.4, -0.2) is 53.7 Å². The second-order valence-electron chi connectivity index (χ2n) is 8.84. The summed E-state index contributed by atoms with van der Waals surface area (Å²) in [6.45, 7) is 4.45. The number of nitrogens with one attached hydrogen (secondary N) is 1. The Kier molecular flexibility index (Phi) is 22.1. The molecule has 1 aliphatic carbocycles. The first-order valence-electron chi connectivity index (χ1n) is 12.5. The van der Waals surface area contributed by atoms with Gasteiger partial charge in [-0.15, -0.1) is 0 Å². The monoisotopic (exact) mass is 428 g/mol. The van der Waals surface area contributed by atoms with Crippen molar-refractivity contribution in [3.8, 4) is 0 Å². The molecule has 0 aromatic heterocycles. The average molecular weight is 429 g/mol. The van der Waals surface area contributed by atoms with Crippen LogP contribution in [-0.2, 0) is 4.79 Å². The number of allylic oxidation sites excluding steroid dienone is 4. The minimum Gasteiger partial charge on any atom is -0.481 e. The summed E-state index contributed by atoms with van der Waals surface area (Å²) in [7, 11) is 0. The number of carboxylic acids is 1. The van der Waals surface area contributed by atoms with Crippen molar-refractivity contribution in [1.82, 2.24) is 5.32 Å². The van der Waals surface area contributed by atoms with Crippen molar-refractivity contribution in [3.63, 3.8) is 0 Å². The Labute approximate surface area is 208 Å². The summed E-state index contributed by atoms with van der Waals surface area (Å²) in [5, 5.41) is 12.6. The van der Waals surface area contributed by atoms with E-state index >= 15 is 0 Å². The zero-order chi connectivity index (χ0) is 21.0. The maximum absolute atomic E-state index is 11.0. The van der Waals surface area contributed by atoms with E-state index in [-0.39, 0.29) is 35.5 Å². The Morgan fingerprint density at radius 1 is 0.833 bits per heavy atom. The summed E-state index contributed by atoms with van der Waals surface area (Å²) in [6, 6.07) is 0. The van der Waals surface area contributed by atoms with Crippen LogP contribution in [0.3, 0.4) is 0 Å². The molecule has 0 aliphatic heterocycles. The fourth-order valence-electron chi connectivity index (χ4n) is 4.16. The van der Waals surface area contributed by atoms with Gasteiger partial charge in [0, 0.05) is 29.6 Å². The molecule has 0 heterocycles. The molecule has 1 aliphatic rings. The van der Waals surface area contributed by atoms with E-state index in [1.54, 1.807) is 0 Å². The fraction of sp³-hybridized carbons (Fsp3) is 0.808. The van der Waals surface area contributed by atoms with Crippen molar-refractivity contribution in [1.29, 1.82) is 0 Å². The summed E-state index contributed by atoms with van der Waals surface area (Å²) in [5.74, 6) is 0.00635. The summed E-state index contributed by atoms with van der Waals surface area (Å²) in [4.78, 5) is 11.0. The number of hydrogen-bond donors (Lipinski definition) is 2. The molecule has 30 heavy (non-hydrogen) atoms. The third kappa shape index (κ3) is 17.6. The minimum atomic E-state index is -0.599. The van der Waals surface area contributed by atoms with Crippen molar-refractivity contribution in [2.75, 3.05) is 13.1 Å². The third-order valence-electron chi connectivity index (χ3n) is 6.18. The van der Waals surface area contributed by atoms with Gasteiger partial charge >= 0.3 is 5.97 Å². The molecular weight excluding hydrogens is 381 g/mol. The predicted molar refractivity (Wildman–Crippen MR) is 131 cm³/mol. The molecule has 2 N–H and O–H groups in total. The maximum Gasteiger partial charge on any atom is 0.306 e. The number of carboxylic acid groups (broad SMARTS) is 1. The quantitative estimate of drug-likeness (QED) is 0.142. The van der Waals surface area contributed by atoms with Gasteiger partial charge in [0.2, 0.25) is 0 Å². The molecule has 0 unspecified atom stereocenters. The summed E-state index contributed by atoms with van der Waals surface area (Å²) in [6.07, 6.45) is 28.8. The van der Waals surface area contributed by atoms with E-state index in [4.69, 9.17) is 5.11 Å². The van der Waals surface area contributed by atoms with Gasteiger partial charge in [0.05, 0.1) is 5.92 Å². The van der Waals surface area contributed by atoms with Crippen LogP contribution >= 0.6 is 0 Å². The average Bonchev–Trinajstić information content (AvgIpc) is 2.73. The fourth-order valence-corrected chi connectivity index (χ4v) is 4.16. The first-order chi connectivity index (χ1) is 14.2. The van der Waals surface area contributed by atoms with Crippen LogP contribution < -0.4 is 5.32 Å². The topological polar surface area (TPSA) is 49.3 Å². The van der Waals surface area contributed by atoms with Crippen LogP contribution in [0.5, 0.6) is 0 Å². The molecule has 0 aromatic rings. The van der Waals surface area contributed by atoms with Gasteiger partial charge in [0.25, 0.3) is 0 Å². The molecular formula is C26H47NNaO2. The second kappa shape index (κ2) is 22.1. The van der Waals surface area contributed by atoms with Crippen LogP contribution in [0.2, 0.25) is 0 Å². The molecule has 0 spiro atoms. The first-order valence-corrected chi connectivity index (χ1v) is 12.5. The number of hydrogen-bond acceptors (Lipinski definition) is 2. The van der Waals surface area contributed by atoms with E-state index in [0.29, 0.717) is 5.92 Å². The van der Waals surface area contributed by atoms with Gasteiger partial charge in [-0.1, -0.05) is 69.8 Å². The molecule has 1 radical (unpaired) electrons. The van der Waals surface area contributed by atoms with Crippen molar-refractivity contribution >= 4 is 35.5 Å². The van der Waals surface area contributed by atoms with Crippen LogP contribution in [0.4, 0.5) is 0 Å². The summed E-state index contributed by atoms with van der Waals surface area (Å²) in [5.41, 5.74) is 0. The molecule has 0 saturated heterocycles. The van der Waals surface area contributed by atoms with E-state index in [2.05, 4.69) is 36.5 Å². The molecule has 0 bridgehead atoms. The first kappa shape index (κ1) is 29.9. The van der Waals surface area contributed by atoms with Crippen LogP contribution in [0.15, 0.2) is 24.3 Å². The Morgan fingerprint density at radius 3 is 2.00 bits per heavy atom. The molecule has 1 rings (SSSR count). The van der Waals surface area contributed by atoms with E-state index in [9.17, 15) is 4.79 Å². The molecule has 169 valence electrons. The van der Waals surface area contributed by atoms with Crippen molar-refractivity contribution in [2.45, 2.75) is 110 Å². The number of rotatable bonds is 18. The smallest absolute Gasteiger partial charge is 0.306 e. The molecule has 1 fully saturated rings. The van der Waals surface area contributed by atoms with Crippen molar-refractivity contribution < 1.29 is 9.90 Å². The minimum absolute atomic E-state index is 0. The normalized spacial score (nSPS) is 19.4. The molecule has 0 amide bonds. The van der Waals surface area contributed by atoms with Gasteiger partial charge < -0.3 is 10.4 Å². The van der Waals surface area contributed by atoms with Gasteiger partial charge in [-0.25, -0.2) is 0 Å². The van der Waals surface area contributed by atoms with Crippen LogP contribution in [0.25, 0.3) is 0 Å². The molecule has 0 aromatic carbocycles. The molecule has 0 atom stereocenters. The van der Waals surface area contributed by atoms with Crippen LogP contribution in [0, 0.1) is 11.8 Å². The van der Waals surface area contributed by atoms with Gasteiger partial charge in [-0.3, -0.25) is 4.79 Å². The predicted octanol–water partition coefficient (Wildman–Crippen LogP) is 6.90. The van der Waals surface area contributed by atoms with Crippen molar-refractivity contribution in [2.24, 2.45) is 11.8 Å². The molecule has 4 heteroatoms. The zero-order valence-electron chi connectivity index (χ0n) is 20.0. The van der Waals surface area contributed by atoms with E-state index in [0.717, 1.165) is 45.2 Å². The van der Waals surface area contributed by atoms with E-state index < -0.39 is 5.97 Å². The number of carbonyl (C=O) groups is 1. The summed E-state index contributed by atoms with van der Waals surface area (Å²) >= 11 is 0. The standard InChI is InChI=1S/C26H47NO2.Na/c1-2-3-4-5-6-7-8-9-10-11-12-13-14-15-16-17-22-27-23-24-18-20-25(21-19-24)26(28)29;/h6-7,9-10,24-25,27H,2-5,8,11-23H2,1H3,(H,28,29);/b7-6-,10-9-;. The second-order valence-corrected chi connectivity index (χ2v) is 8.84. The molecule has 3 nitrogen and oxygen atoms in total. The Hall–Kier alpha value is -0.0900. The third-order valence-corrected chi connectivity index (χ3v) is 6.18. The van der Waals surface area contributed by atoms with Gasteiger partial charge in [-0.05, 0) is 83.2 Å². The Balaban J connectivity index is 0.00000841. The van der Waals surface area contributed by atoms with Gasteiger partial charge in [0.1, 0.15) is 0 Å². The number of aliphatic carboxylic acids is 1. The van der Waals surface area contributed by atoms with Crippen LogP contribution in [0.1, 0.15) is 110 Å². The van der Waals surface area contributed by atoms with E-state index in [1.807, 2.05) is 0 Å². The van der Waals surface area contributed by atoms with E-state index in [1.165, 1.54) is 70.6 Å². The van der Waals surface area contributed by atoms with Gasteiger partial charge in [-0.2, -0.15) is 0 Å². The largest absolute Gasteiger partial charge is 0.481 e. The Morgan fingerprint density at radius 2 is 1.40 bits per heavy atom. The summed E-state index contributed by atoms with van der Waals surface area (Å²) < 4.78 is 0.